The van der Waals surface area contributed by atoms with E-state index < -0.39 is 17.6 Å². The zero-order valence-corrected chi connectivity index (χ0v) is 20.4. The van der Waals surface area contributed by atoms with E-state index in [0.717, 1.165) is 22.3 Å². The molecule has 2 N–H and O–H groups in total. The summed E-state index contributed by atoms with van der Waals surface area (Å²) in [5.74, 6) is -0.897. The Bertz CT molecular complexity index is 1320. The largest absolute Gasteiger partial charge is 0.480 e. The van der Waals surface area contributed by atoms with E-state index in [-0.39, 0.29) is 6.42 Å². The molecule has 5 rings (SSSR count). The van der Waals surface area contributed by atoms with Gasteiger partial charge in [0.25, 0.3) is 0 Å². The van der Waals surface area contributed by atoms with Gasteiger partial charge in [0.1, 0.15) is 11.6 Å². The van der Waals surface area contributed by atoms with Gasteiger partial charge in [-0.25, -0.2) is 4.98 Å². The molecule has 0 saturated carbocycles. The lowest BCUT2D eigenvalue weighted by molar-refractivity contribution is -0.139. The maximum atomic E-state index is 12.1. The van der Waals surface area contributed by atoms with Crippen LogP contribution in [0, 0.1) is 0 Å². The van der Waals surface area contributed by atoms with E-state index in [1.165, 1.54) is 0 Å². The third-order valence-electron chi connectivity index (χ3n) is 6.70. The van der Waals surface area contributed by atoms with Gasteiger partial charge >= 0.3 is 5.97 Å². The Morgan fingerprint density at radius 2 is 1.22 bits per heavy atom. The predicted octanol–water partition coefficient (Wildman–Crippen LogP) is 5.51. The van der Waals surface area contributed by atoms with E-state index >= 15 is 0 Å². The predicted molar refractivity (Wildman–Crippen MR) is 145 cm³/mol. The van der Waals surface area contributed by atoms with Crippen molar-refractivity contribution < 1.29 is 9.90 Å². The van der Waals surface area contributed by atoms with Gasteiger partial charge in [-0.15, -0.1) is 0 Å². The monoisotopic (exact) mass is 487 g/mol. The number of imidazole rings is 1. The second-order valence-corrected chi connectivity index (χ2v) is 9.04. The van der Waals surface area contributed by atoms with Crippen molar-refractivity contribution in [2.75, 3.05) is 0 Å². The molecule has 4 aromatic carbocycles. The van der Waals surface area contributed by atoms with Gasteiger partial charge in [-0.05, 0) is 22.3 Å². The second-order valence-electron chi connectivity index (χ2n) is 9.04. The summed E-state index contributed by atoms with van der Waals surface area (Å²) in [4.78, 5) is 16.8. The summed E-state index contributed by atoms with van der Waals surface area (Å²) in [6.07, 6.45) is 4.06. The summed E-state index contributed by atoms with van der Waals surface area (Å²) in [5, 5.41) is 13.1. The molecule has 0 aliphatic rings. The molecule has 0 unspecified atom stereocenters. The molecule has 0 aliphatic heterocycles. The number of carboxylic acid groups (broad SMARTS) is 1. The van der Waals surface area contributed by atoms with E-state index in [2.05, 4.69) is 46.3 Å². The van der Waals surface area contributed by atoms with Crippen molar-refractivity contribution in [2.45, 2.75) is 24.5 Å². The van der Waals surface area contributed by atoms with Gasteiger partial charge in [0.2, 0.25) is 0 Å². The molecule has 184 valence electrons. The van der Waals surface area contributed by atoms with Crippen LogP contribution in [0.4, 0.5) is 0 Å². The molecule has 5 aromatic rings. The molecule has 0 saturated heterocycles. The topological polar surface area (TPSA) is 67.1 Å². The van der Waals surface area contributed by atoms with Crippen molar-refractivity contribution in [3.63, 3.8) is 0 Å². The smallest absolute Gasteiger partial charge is 0.321 e. The lowest BCUT2D eigenvalue weighted by atomic mass is 9.77. The van der Waals surface area contributed by atoms with Gasteiger partial charge in [-0.3, -0.25) is 10.1 Å². The molecular formula is C32H29N3O2. The van der Waals surface area contributed by atoms with Crippen molar-refractivity contribution in [3.05, 3.63) is 162 Å². The Balaban J connectivity index is 1.55. The number of nitrogens with one attached hydrogen (secondary N) is 1. The highest BCUT2D eigenvalue weighted by Gasteiger charge is 2.38. The van der Waals surface area contributed by atoms with E-state index in [0.29, 0.717) is 12.2 Å². The highest BCUT2D eigenvalue weighted by molar-refractivity contribution is 5.73. The summed E-state index contributed by atoms with van der Waals surface area (Å²) < 4.78 is 2.11. The molecule has 5 nitrogen and oxygen atoms in total. The minimum absolute atomic E-state index is 0.267. The van der Waals surface area contributed by atoms with Gasteiger partial charge in [0.15, 0.2) is 0 Å². The van der Waals surface area contributed by atoms with Crippen molar-refractivity contribution in [3.8, 4) is 0 Å². The van der Waals surface area contributed by atoms with Crippen LogP contribution in [0.1, 0.15) is 27.9 Å². The summed E-state index contributed by atoms with van der Waals surface area (Å²) in [6.45, 7) is 0.473. The van der Waals surface area contributed by atoms with Crippen molar-refractivity contribution in [1.82, 2.24) is 14.9 Å². The molecule has 5 heteroatoms. The van der Waals surface area contributed by atoms with Crippen LogP contribution in [-0.4, -0.2) is 26.7 Å². The summed E-state index contributed by atoms with van der Waals surface area (Å²) >= 11 is 0. The zero-order chi connectivity index (χ0) is 25.5. The number of hydrogen-bond donors (Lipinski definition) is 2. The van der Waals surface area contributed by atoms with Gasteiger partial charge in [-0.1, -0.05) is 121 Å². The first kappa shape index (κ1) is 24.2. The van der Waals surface area contributed by atoms with Gasteiger partial charge in [-0.2, -0.15) is 0 Å². The lowest BCUT2D eigenvalue weighted by Gasteiger charge is -2.37. The number of rotatable bonds is 10. The standard InChI is InChI=1S/C32H29N3O2/c36-31(37)30(33-22-25-13-5-1-6-14-25)21-29-23-35(24-34-29)32(26-15-7-2-8-16-26,27-17-9-3-10-18-27)28-19-11-4-12-20-28/h1-20,23-24,30,33H,21-22H2,(H,36,37)/t30-/m0/s1. The highest BCUT2D eigenvalue weighted by Crippen LogP contribution is 2.40. The fraction of sp³-hybridized carbons (Fsp3) is 0.125. The lowest BCUT2D eigenvalue weighted by Crippen LogP contribution is -2.38. The van der Waals surface area contributed by atoms with E-state index in [9.17, 15) is 9.90 Å². The number of nitrogens with zero attached hydrogens (tertiary/aromatic N) is 2. The number of carbonyl (C=O) groups is 1. The van der Waals surface area contributed by atoms with Crippen LogP contribution in [0.3, 0.4) is 0 Å². The van der Waals surface area contributed by atoms with Crippen molar-refractivity contribution >= 4 is 5.97 Å². The normalized spacial score (nSPS) is 12.2. The maximum absolute atomic E-state index is 12.1. The minimum atomic E-state index is -0.897. The fourth-order valence-electron chi connectivity index (χ4n) is 4.93. The molecule has 0 spiro atoms. The SMILES string of the molecule is O=C(O)[C@H](Cc1cn(C(c2ccccc2)(c2ccccc2)c2ccccc2)cn1)NCc1ccccc1. The molecule has 1 atom stereocenters. The molecule has 37 heavy (non-hydrogen) atoms. The number of benzene rings is 4. The summed E-state index contributed by atoms with van der Waals surface area (Å²) in [6, 6.07) is 40.1. The minimum Gasteiger partial charge on any atom is -0.480 e. The molecule has 0 amide bonds. The quantitative estimate of drug-likeness (QED) is 0.255. The van der Waals surface area contributed by atoms with Crippen LogP contribution in [0.15, 0.2) is 134 Å². The number of carboxylic acids is 1. The molecule has 1 heterocycles. The molecular weight excluding hydrogens is 458 g/mol. The molecule has 0 fully saturated rings. The first-order chi connectivity index (χ1) is 18.2. The number of hydrogen-bond acceptors (Lipinski definition) is 3. The van der Waals surface area contributed by atoms with E-state index in [4.69, 9.17) is 4.98 Å². The Morgan fingerprint density at radius 3 is 1.68 bits per heavy atom. The highest BCUT2D eigenvalue weighted by atomic mass is 16.4. The Morgan fingerprint density at radius 1 is 0.757 bits per heavy atom. The summed E-state index contributed by atoms with van der Waals surface area (Å²) in [7, 11) is 0. The third kappa shape index (κ3) is 5.08. The van der Waals surface area contributed by atoms with E-state index in [1.807, 2.05) is 97.5 Å². The maximum Gasteiger partial charge on any atom is 0.321 e. The molecule has 0 radical (unpaired) electrons. The van der Waals surface area contributed by atoms with Gasteiger partial charge in [0.05, 0.1) is 12.0 Å². The van der Waals surface area contributed by atoms with Gasteiger partial charge in [0, 0.05) is 19.2 Å². The van der Waals surface area contributed by atoms with Crippen molar-refractivity contribution in [1.29, 1.82) is 0 Å². The van der Waals surface area contributed by atoms with Crippen LogP contribution >= 0.6 is 0 Å². The molecule has 0 bridgehead atoms. The first-order valence-corrected chi connectivity index (χ1v) is 12.4. The average molecular weight is 488 g/mol. The average Bonchev–Trinajstić information content (AvgIpc) is 3.42. The van der Waals surface area contributed by atoms with Crippen LogP contribution in [0.25, 0.3) is 0 Å². The summed E-state index contributed by atoms with van der Waals surface area (Å²) in [5.41, 5.74) is 4.34. The van der Waals surface area contributed by atoms with Crippen molar-refractivity contribution in [2.24, 2.45) is 0 Å². The van der Waals surface area contributed by atoms with Crippen LogP contribution < -0.4 is 5.32 Å². The van der Waals surface area contributed by atoms with E-state index in [1.54, 1.807) is 0 Å². The fourth-order valence-corrected chi connectivity index (χ4v) is 4.93. The Labute approximate surface area is 217 Å². The molecule has 0 aliphatic carbocycles. The zero-order valence-electron chi connectivity index (χ0n) is 20.4. The second kappa shape index (κ2) is 11.1. The van der Waals surface area contributed by atoms with Crippen LogP contribution in [0.5, 0.6) is 0 Å². The Kier molecular flexibility index (Phi) is 7.24. The third-order valence-corrected chi connectivity index (χ3v) is 6.70. The molecule has 1 aromatic heterocycles. The Hall–Kier alpha value is -4.48. The van der Waals surface area contributed by atoms with Crippen LogP contribution in [-0.2, 0) is 23.3 Å². The van der Waals surface area contributed by atoms with Crippen LogP contribution in [0.2, 0.25) is 0 Å². The number of aliphatic carboxylic acids is 1. The van der Waals surface area contributed by atoms with Gasteiger partial charge < -0.3 is 9.67 Å². The first-order valence-electron chi connectivity index (χ1n) is 12.4. The number of aromatic nitrogens is 2.